The SMILES string of the molecule is O=C(OC1O[C@H](COCc2ccccc2)[C@@H](OCc2ccccc2)[C@H](OCc2ccccc2)[C@H]1OCc1ccccc1)n1ccnc1. The number of benzene rings is 4. The van der Waals surface area contributed by atoms with E-state index in [0.717, 1.165) is 22.3 Å². The standard InChI is InChI=1S/C38H38N2O7/c41-38(40-22-21-39-28-40)47-37-36(45-26-32-19-11-4-12-20-32)35(44-25-31-17-9-3-10-18-31)34(43-24-30-15-7-2-8-16-30)33(46-37)27-42-23-29-13-5-1-6-14-29/h1-22,28,33-37H,23-27H2/t33-,34-,35+,36-,37?/m1/s1. The van der Waals surface area contributed by atoms with Crippen molar-refractivity contribution in [2.45, 2.75) is 57.1 Å². The quantitative estimate of drug-likeness (QED) is 0.136. The highest BCUT2D eigenvalue weighted by Crippen LogP contribution is 2.32. The third-order valence-corrected chi connectivity index (χ3v) is 7.77. The minimum Gasteiger partial charge on any atom is -0.416 e. The molecule has 1 fully saturated rings. The van der Waals surface area contributed by atoms with Gasteiger partial charge >= 0.3 is 6.09 Å². The summed E-state index contributed by atoms with van der Waals surface area (Å²) >= 11 is 0. The van der Waals surface area contributed by atoms with Crippen molar-refractivity contribution >= 4 is 6.09 Å². The number of imidazole rings is 1. The number of hydrogen-bond donors (Lipinski definition) is 0. The lowest BCUT2D eigenvalue weighted by Gasteiger charge is -2.45. The van der Waals surface area contributed by atoms with Crippen molar-refractivity contribution < 1.29 is 33.2 Å². The molecule has 9 nitrogen and oxygen atoms in total. The molecule has 0 N–H and O–H groups in total. The molecule has 47 heavy (non-hydrogen) atoms. The van der Waals surface area contributed by atoms with Crippen LogP contribution in [0.5, 0.6) is 0 Å². The molecule has 1 saturated heterocycles. The Hall–Kier alpha value is -4.64. The van der Waals surface area contributed by atoms with E-state index < -0.39 is 36.8 Å². The molecule has 1 aromatic heterocycles. The topological polar surface area (TPSA) is 90.3 Å². The summed E-state index contributed by atoms with van der Waals surface area (Å²) in [6.07, 6.45) is -0.266. The van der Waals surface area contributed by atoms with Crippen LogP contribution in [0.2, 0.25) is 0 Å². The second kappa shape index (κ2) is 16.8. The zero-order valence-corrected chi connectivity index (χ0v) is 26.0. The van der Waals surface area contributed by atoms with Gasteiger partial charge in [0.1, 0.15) is 30.7 Å². The monoisotopic (exact) mass is 634 g/mol. The van der Waals surface area contributed by atoms with Gasteiger partial charge in [-0.1, -0.05) is 121 Å². The first-order chi connectivity index (χ1) is 23.2. The third kappa shape index (κ3) is 9.22. The molecular weight excluding hydrogens is 596 g/mol. The number of carbonyl (C=O) groups excluding carboxylic acids is 1. The second-order valence-electron chi connectivity index (χ2n) is 11.2. The molecule has 0 aliphatic carbocycles. The van der Waals surface area contributed by atoms with Crippen LogP contribution in [0.1, 0.15) is 22.3 Å². The van der Waals surface area contributed by atoms with E-state index in [4.69, 9.17) is 28.4 Å². The Kier molecular flexibility index (Phi) is 11.5. The van der Waals surface area contributed by atoms with Gasteiger partial charge in [0.2, 0.25) is 6.29 Å². The van der Waals surface area contributed by atoms with Crippen LogP contribution in [-0.4, -0.2) is 53.0 Å². The van der Waals surface area contributed by atoms with E-state index in [2.05, 4.69) is 4.98 Å². The number of nitrogens with zero attached hydrogens (tertiary/aromatic N) is 2. The molecule has 5 aromatic rings. The minimum atomic E-state index is -1.14. The van der Waals surface area contributed by atoms with Gasteiger partial charge in [0, 0.05) is 12.4 Å². The lowest BCUT2D eigenvalue weighted by Crippen LogP contribution is -2.62. The van der Waals surface area contributed by atoms with Crippen LogP contribution in [0, 0.1) is 0 Å². The first-order valence-corrected chi connectivity index (χ1v) is 15.7. The Morgan fingerprint density at radius 2 is 1.09 bits per heavy atom. The summed E-state index contributed by atoms with van der Waals surface area (Å²) < 4.78 is 39.8. The van der Waals surface area contributed by atoms with Gasteiger partial charge in [0.05, 0.1) is 33.0 Å². The fourth-order valence-corrected chi connectivity index (χ4v) is 5.37. The van der Waals surface area contributed by atoms with Crippen LogP contribution >= 0.6 is 0 Å². The van der Waals surface area contributed by atoms with E-state index in [1.54, 1.807) is 0 Å². The van der Waals surface area contributed by atoms with Crippen LogP contribution in [0.4, 0.5) is 4.79 Å². The average Bonchev–Trinajstić information content (AvgIpc) is 3.67. The van der Waals surface area contributed by atoms with Gasteiger partial charge in [0.15, 0.2) is 0 Å². The first kappa shape index (κ1) is 32.3. The van der Waals surface area contributed by atoms with Gasteiger partial charge in [-0.2, -0.15) is 0 Å². The summed E-state index contributed by atoms with van der Waals surface area (Å²) in [7, 11) is 0. The van der Waals surface area contributed by atoms with Gasteiger partial charge in [-0.05, 0) is 22.3 Å². The van der Waals surface area contributed by atoms with Crippen molar-refractivity contribution in [1.82, 2.24) is 9.55 Å². The first-order valence-electron chi connectivity index (χ1n) is 15.7. The summed E-state index contributed by atoms with van der Waals surface area (Å²) in [6.45, 7) is 1.35. The van der Waals surface area contributed by atoms with E-state index in [1.807, 2.05) is 121 Å². The molecule has 0 amide bonds. The zero-order chi connectivity index (χ0) is 32.1. The van der Waals surface area contributed by atoms with Crippen LogP contribution in [0.15, 0.2) is 140 Å². The predicted molar refractivity (Wildman–Crippen MR) is 174 cm³/mol. The zero-order valence-electron chi connectivity index (χ0n) is 26.0. The molecule has 1 aliphatic heterocycles. The maximum Gasteiger partial charge on any atom is 0.421 e. The van der Waals surface area contributed by atoms with Crippen molar-refractivity contribution in [2.24, 2.45) is 0 Å². The molecule has 2 heterocycles. The number of aromatic nitrogens is 2. The molecule has 242 valence electrons. The van der Waals surface area contributed by atoms with Crippen LogP contribution in [-0.2, 0) is 54.8 Å². The second-order valence-corrected chi connectivity index (χ2v) is 11.2. The predicted octanol–water partition coefficient (Wildman–Crippen LogP) is 6.57. The highest BCUT2D eigenvalue weighted by Gasteiger charge is 2.50. The molecule has 4 aromatic carbocycles. The van der Waals surface area contributed by atoms with Crippen molar-refractivity contribution in [3.05, 3.63) is 162 Å². The van der Waals surface area contributed by atoms with E-state index in [9.17, 15) is 4.79 Å². The molecule has 1 unspecified atom stereocenters. The molecule has 0 spiro atoms. The normalized spacial score (nSPS) is 20.9. The minimum absolute atomic E-state index is 0.157. The van der Waals surface area contributed by atoms with Crippen molar-refractivity contribution in [1.29, 1.82) is 0 Å². The van der Waals surface area contributed by atoms with E-state index in [1.165, 1.54) is 23.3 Å². The van der Waals surface area contributed by atoms with Crippen molar-refractivity contribution in [3.63, 3.8) is 0 Å². The molecule has 1 aliphatic rings. The Morgan fingerprint density at radius 1 is 0.617 bits per heavy atom. The number of ether oxygens (including phenoxy) is 6. The van der Waals surface area contributed by atoms with Gasteiger partial charge in [-0.3, -0.25) is 0 Å². The van der Waals surface area contributed by atoms with Crippen LogP contribution < -0.4 is 0 Å². The maximum absolute atomic E-state index is 13.2. The summed E-state index contributed by atoms with van der Waals surface area (Å²) in [6, 6.07) is 39.5. The molecule has 9 heteroatoms. The Bertz CT molecular complexity index is 1610. The summed E-state index contributed by atoms with van der Waals surface area (Å²) in [5, 5.41) is 0. The lowest BCUT2D eigenvalue weighted by molar-refractivity contribution is -0.315. The van der Waals surface area contributed by atoms with Gasteiger partial charge in [-0.25, -0.2) is 14.3 Å². The van der Waals surface area contributed by atoms with Crippen molar-refractivity contribution in [3.8, 4) is 0 Å². The van der Waals surface area contributed by atoms with E-state index in [0.29, 0.717) is 13.2 Å². The summed E-state index contributed by atoms with van der Waals surface area (Å²) in [5.74, 6) is 0. The van der Waals surface area contributed by atoms with Gasteiger partial charge in [-0.15, -0.1) is 0 Å². The number of rotatable bonds is 14. The third-order valence-electron chi connectivity index (χ3n) is 7.77. The Balaban J connectivity index is 1.31. The van der Waals surface area contributed by atoms with Gasteiger partial charge in [0.25, 0.3) is 0 Å². The largest absolute Gasteiger partial charge is 0.421 e. The number of hydrogen-bond acceptors (Lipinski definition) is 8. The molecular formula is C38H38N2O7. The van der Waals surface area contributed by atoms with E-state index >= 15 is 0 Å². The van der Waals surface area contributed by atoms with Crippen LogP contribution in [0.3, 0.4) is 0 Å². The van der Waals surface area contributed by atoms with Crippen molar-refractivity contribution in [2.75, 3.05) is 6.61 Å². The summed E-state index contributed by atoms with van der Waals surface area (Å²) in [4.78, 5) is 17.2. The Labute approximate surface area is 274 Å². The van der Waals surface area contributed by atoms with Gasteiger partial charge < -0.3 is 28.4 Å². The maximum atomic E-state index is 13.2. The average molecular weight is 635 g/mol. The highest BCUT2D eigenvalue weighted by atomic mass is 16.7. The molecule has 0 radical (unpaired) electrons. The Morgan fingerprint density at radius 3 is 1.57 bits per heavy atom. The smallest absolute Gasteiger partial charge is 0.416 e. The fourth-order valence-electron chi connectivity index (χ4n) is 5.37. The molecule has 6 rings (SSSR count). The van der Waals surface area contributed by atoms with Crippen LogP contribution in [0.25, 0.3) is 0 Å². The number of carbonyl (C=O) groups is 1. The molecule has 5 atom stereocenters. The van der Waals surface area contributed by atoms with E-state index in [-0.39, 0.29) is 19.8 Å². The lowest BCUT2D eigenvalue weighted by atomic mass is 9.97. The molecule has 0 bridgehead atoms. The fraction of sp³-hybridized carbons (Fsp3) is 0.263. The highest BCUT2D eigenvalue weighted by molar-refractivity contribution is 5.70. The molecule has 0 saturated carbocycles. The summed E-state index contributed by atoms with van der Waals surface area (Å²) in [5.41, 5.74) is 3.94.